The van der Waals surface area contributed by atoms with Crippen molar-refractivity contribution in [2.45, 2.75) is 12.5 Å². The van der Waals surface area contributed by atoms with E-state index < -0.39 is 12.0 Å². The third-order valence-corrected chi connectivity index (χ3v) is 4.79. The van der Waals surface area contributed by atoms with Gasteiger partial charge in [-0.1, -0.05) is 21.6 Å². The largest absolute Gasteiger partial charge is 0.480 e. The second-order valence-corrected chi connectivity index (χ2v) is 6.54. The fourth-order valence-corrected chi connectivity index (χ4v) is 3.29. The number of amides is 1. The molecule has 0 aromatic heterocycles. The minimum absolute atomic E-state index is 0.0481. The molecule has 1 saturated heterocycles. The number of nitrogens with zero attached hydrogens (tertiary/aromatic N) is 1. The van der Waals surface area contributed by atoms with Gasteiger partial charge in [0.25, 0.3) is 5.91 Å². The molecule has 19 heavy (non-hydrogen) atoms. The molecule has 0 radical (unpaired) electrons. The molecule has 1 rings (SSSR count). The Hall–Kier alpha value is -0.480. The average molecular weight is 310 g/mol. The van der Waals surface area contributed by atoms with E-state index in [4.69, 9.17) is 20.6 Å². The van der Waals surface area contributed by atoms with Crippen molar-refractivity contribution in [3.63, 3.8) is 0 Å². The van der Waals surface area contributed by atoms with Crippen molar-refractivity contribution >= 4 is 33.5 Å². The fraction of sp³-hybridized carbons (Fsp3) is 0.800. The van der Waals surface area contributed by atoms with Crippen LogP contribution in [0.2, 0.25) is 0 Å². The van der Waals surface area contributed by atoms with Gasteiger partial charge in [0.05, 0.1) is 6.61 Å². The van der Waals surface area contributed by atoms with Gasteiger partial charge in [-0.05, 0) is 6.42 Å². The van der Waals surface area contributed by atoms with Crippen molar-refractivity contribution in [3.05, 3.63) is 0 Å². The Morgan fingerprint density at radius 1 is 1.26 bits per heavy atom. The third kappa shape index (κ3) is 7.02. The highest BCUT2D eigenvalue weighted by Crippen LogP contribution is 2.23. The third-order valence-electron chi connectivity index (χ3n) is 2.42. The Kier molecular flexibility index (Phi) is 8.22. The minimum Gasteiger partial charge on any atom is -0.480 e. The number of carbonyl (C=O) groups is 2. The lowest BCUT2D eigenvalue weighted by Gasteiger charge is -2.19. The van der Waals surface area contributed by atoms with Crippen LogP contribution in [0.4, 0.5) is 0 Å². The first-order valence-electron chi connectivity index (χ1n) is 5.86. The van der Waals surface area contributed by atoms with E-state index in [1.807, 2.05) is 0 Å². The van der Waals surface area contributed by atoms with Crippen molar-refractivity contribution in [3.8, 4) is 0 Å². The smallest absolute Gasteiger partial charge is 0.320 e. The quantitative estimate of drug-likeness (QED) is 0.292. The Morgan fingerprint density at radius 3 is 2.47 bits per heavy atom. The molecule has 0 aromatic carbocycles. The van der Waals surface area contributed by atoms with E-state index in [0.29, 0.717) is 13.1 Å². The molecule has 3 N–H and O–H groups in total. The van der Waals surface area contributed by atoms with Crippen LogP contribution in [0.25, 0.3) is 0 Å². The maximum absolute atomic E-state index is 11.7. The maximum Gasteiger partial charge on any atom is 0.320 e. The second kappa shape index (κ2) is 9.43. The molecule has 1 amide bonds. The number of nitrogens with two attached hydrogens (primary N) is 1. The summed E-state index contributed by atoms with van der Waals surface area (Å²) in [5, 5.41) is 8.54. The molecular weight excluding hydrogens is 292 g/mol. The molecule has 0 spiro atoms. The van der Waals surface area contributed by atoms with Crippen molar-refractivity contribution in [1.29, 1.82) is 0 Å². The lowest BCUT2D eigenvalue weighted by Crippen LogP contribution is -2.36. The van der Waals surface area contributed by atoms with Crippen LogP contribution in [-0.2, 0) is 19.4 Å². The van der Waals surface area contributed by atoms with Gasteiger partial charge in [-0.2, -0.15) is 0 Å². The molecule has 0 aliphatic carbocycles. The molecular formula is C10H18N2O5S2. The Balaban J connectivity index is 2.08. The molecule has 0 unspecified atom stereocenters. The Labute approximate surface area is 119 Å². The minimum atomic E-state index is -1.08. The fourth-order valence-electron chi connectivity index (χ4n) is 1.31. The molecule has 1 aliphatic rings. The van der Waals surface area contributed by atoms with Crippen LogP contribution in [-0.4, -0.2) is 65.7 Å². The van der Waals surface area contributed by atoms with Gasteiger partial charge in [0, 0.05) is 24.6 Å². The molecule has 1 aliphatic heterocycles. The predicted octanol–water partition coefficient (Wildman–Crippen LogP) is -0.0398. The highest BCUT2D eigenvalue weighted by molar-refractivity contribution is 8.76. The maximum atomic E-state index is 11.7. The predicted molar refractivity (Wildman–Crippen MR) is 73.6 cm³/mol. The first kappa shape index (κ1) is 16.6. The molecule has 7 nitrogen and oxygen atoms in total. The van der Waals surface area contributed by atoms with Crippen LogP contribution >= 0.6 is 21.6 Å². The zero-order valence-corrected chi connectivity index (χ0v) is 12.1. The molecule has 0 saturated carbocycles. The zero-order chi connectivity index (χ0) is 14.1. The lowest BCUT2D eigenvalue weighted by atomic mass is 10.2. The van der Waals surface area contributed by atoms with Crippen LogP contribution in [0, 0.1) is 0 Å². The SMILES string of the molecule is N[C@@H](CCOOCC(=O)N1CCSSCC1)C(=O)O. The summed E-state index contributed by atoms with van der Waals surface area (Å²) in [6.45, 7) is 1.32. The van der Waals surface area contributed by atoms with Gasteiger partial charge in [-0.3, -0.25) is 9.59 Å². The Morgan fingerprint density at radius 2 is 1.89 bits per heavy atom. The standard InChI is InChI=1S/C10H18N2O5S2/c11-8(10(14)15)1-4-16-17-7-9(13)12-2-5-18-19-6-3-12/h8H,1-7,11H2,(H,14,15)/t8-/m0/s1. The summed E-state index contributed by atoms with van der Waals surface area (Å²) in [7, 11) is 3.51. The lowest BCUT2D eigenvalue weighted by molar-refractivity contribution is -0.291. The first-order valence-corrected chi connectivity index (χ1v) is 8.35. The molecule has 0 aromatic rings. The summed E-state index contributed by atoms with van der Waals surface area (Å²) in [5.41, 5.74) is 5.28. The number of carbonyl (C=O) groups excluding carboxylic acids is 1. The summed E-state index contributed by atoms with van der Waals surface area (Å²) in [6.07, 6.45) is 0.139. The van der Waals surface area contributed by atoms with Crippen molar-refractivity contribution in [2.75, 3.05) is 37.8 Å². The summed E-state index contributed by atoms with van der Waals surface area (Å²) < 4.78 is 0. The van der Waals surface area contributed by atoms with E-state index in [1.54, 1.807) is 26.5 Å². The first-order chi connectivity index (χ1) is 9.11. The summed E-state index contributed by atoms with van der Waals surface area (Å²) in [5.74, 6) is 0.611. The second-order valence-electron chi connectivity index (χ2n) is 3.84. The van der Waals surface area contributed by atoms with Crippen LogP contribution in [0.3, 0.4) is 0 Å². The molecule has 9 heteroatoms. The molecule has 1 atom stereocenters. The molecule has 1 heterocycles. The van der Waals surface area contributed by atoms with Crippen molar-refractivity contribution in [2.24, 2.45) is 5.73 Å². The number of carboxylic acid groups (broad SMARTS) is 1. The zero-order valence-electron chi connectivity index (χ0n) is 10.4. The number of hydrogen-bond donors (Lipinski definition) is 2. The van der Waals surface area contributed by atoms with Crippen LogP contribution in [0.15, 0.2) is 0 Å². The van der Waals surface area contributed by atoms with Crippen molar-refractivity contribution in [1.82, 2.24) is 4.90 Å². The molecule has 1 fully saturated rings. The number of carboxylic acids is 1. The number of aliphatic carboxylic acids is 1. The van der Waals surface area contributed by atoms with Crippen LogP contribution in [0.5, 0.6) is 0 Å². The normalized spacial score (nSPS) is 17.8. The monoisotopic (exact) mass is 310 g/mol. The molecule has 110 valence electrons. The highest BCUT2D eigenvalue weighted by atomic mass is 33.1. The van der Waals surface area contributed by atoms with E-state index in [1.165, 1.54) is 0 Å². The number of hydrogen-bond acceptors (Lipinski definition) is 7. The van der Waals surface area contributed by atoms with Crippen molar-refractivity contribution < 1.29 is 24.5 Å². The van der Waals surface area contributed by atoms with Gasteiger partial charge in [0.15, 0.2) is 6.61 Å². The van der Waals surface area contributed by atoms with E-state index in [2.05, 4.69) is 0 Å². The highest BCUT2D eigenvalue weighted by Gasteiger charge is 2.16. The van der Waals surface area contributed by atoms with Gasteiger partial charge in [-0.15, -0.1) is 0 Å². The van der Waals surface area contributed by atoms with Gasteiger partial charge in [-0.25, -0.2) is 9.78 Å². The van der Waals surface area contributed by atoms with Gasteiger partial charge < -0.3 is 15.7 Å². The van der Waals surface area contributed by atoms with E-state index in [9.17, 15) is 9.59 Å². The average Bonchev–Trinajstić information content (AvgIpc) is 2.66. The Bertz CT molecular complexity index is 298. The van der Waals surface area contributed by atoms with Crippen LogP contribution in [0.1, 0.15) is 6.42 Å². The van der Waals surface area contributed by atoms with Crippen LogP contribution < -0.4 is 5.73 Å². The summed E-state index contributed by atoms with van der Waals surface area (Å²) >= 11 is 0. The van der Waals surface area contributed by atoms with E-state index in [-0.39, 0.29) is 25.5 Å². The topological polar surface area (TPSA) is 102 Å². The van der Waals surface area contributed by atoms with Gasteiger partial charge >= 0.3 is 5.97 Å². The summed E-state index contributed by atoms with van der Waals surface area (Å²) in [6, 6.07) is -0.973. The summed E-state index contributed by atoms with van der Waals surface area (Å²) in [4.78, 5) is 33.4. The van der Waals surface area contributed by atoms with Gasteiger partial charge in [0.2, 0.25) is 0 Å². The molecule has 0 bridgehead atoms. The van der Waals surface area contributed by atoms with E-state index >= 15 is 0 Å². The number of rotatable bonds is 7. The van der Waals surface area contributed by atoms with E-state index in [0.717, 1.165) is 11.5 Å². The van der Waals surface area contributed by atoms with Gasteiger partial charge in [0.1, 0.15) is 6.04 Å².